The molecule has 0 atom stereocenters. The molecule has 1 aliphatic heterocycles. The number of nitro groups is 1. The minimum absolute atomic E-state index is 0.162. The third-order valence-electron chi connectivity index (χ3n) is 2.74. The zero-order valence-electron chi connectivity index (χ0n) is 9.26. The zero-order chi connectivity index (χ0) is 12.3. The second-order valence-corrected chi connectivity index (χ2v) is 5.31. The SMILES string of the molecule is O=[N+]([O-])c1cc(CCl)ccc1N1CCSCC1. The van der Waals surface area contributed by atoms with Gasteiger partial charge in [0.05, 0.1) is 4.92 Å². The van der Waals surface area contributed by atoms with Crippen LogP contribution in [0.2, 0.25) is 0 Å². The maximum Gasteiger partial charge on any atom is 0.292 e. The van der Waals surface area contributed by atoms with Gasteiger partial charge >= 0.3 is 0 Å². The lowest BCUT2D eigenvalue weighted by molar-refractivity contribution is -0.384. The molecule has 0 amide bonds. The van der Waals surface area contributed by atoms with Crippen molar-refractivity contribution >= 4 is 34.7 Å². The standard InChI is InChI=1S/C11H13ClN2O2S/c12-8-9-1-2-10(11(7-9)14(15)16)13-3-5-17-6-4-13/h1-2,7H,3-6,8H2. The Morgan fingerprint density at radius 1 is 1.41 bits per heavy atom. The first kappa shape index (κ1) is 12.5. The maximum absolute atomic E-state index is 11.1. The third-order valence-corrected chi connectivity index (χ3v) is 3.99. The molecule has 17 heavy (non-hydrogen) atoms. The fourth-order valence-electron chi connectivity index (χ4n) is 1.87. The summed E-state index contributed by atoms with van der Waals surface area (Å²) in [6.07, 6.45) is 0. The molecule has 0 aromatic heterocycles. The summed E-state index contributed by atoms with van der Waals surface area (Å²) in [6.45, 7) is 1.73. The van der Waals surface area contributed by atoms with Crippen molar-refractivity contribution in [2.45, 2.75) is 5.88 Å². The molecule has 1 heterocycles. The number of anilines is 1. The molecule has 4 nitrogen and oxygen atoms in total. The van der Waals surface area contributed by atoms with Crippen LogP contribution in [0.1, 0.15) is 5.56 Å². The molecule has 1 fully saturated rings. The Morgan fingerprint density at radius 2 is 2.12 bits per heavy atom. The van der Waals surface area contributed by atoms with E-state index in [1.54, 1.807) is 6.07 Å². The molecule has 0 saturated carbocycles. The first-order valence-electron chi connectivity index (χ1n) is 5.38. The molecule has 1 aromatic carbocycles. The van der Waals surface area contributed by atoms with Crippen LogP contribution in [0.25, 0.3) is 0 Å². The molecule has 2 rings (SSSR count). The van der Waals surface area contributed by atoms with Gasteiger partial charge in [0.1, 0.15) is 5.69 Å². The topological polar surface area (TPSA) is 46.4 Å². The Labute approximate surface area is 109 Å². The van der Waals surface area contributed by atoms with E-state index < -0.39 is 0 Å². The van der Waals surface area contributed by atoms with Crippen molar-refractivity contribution in [3.8, 4) is 0 Å². The number of nitro benzene ring substituents is 1. The molecule has 1 aliphatic rings. The summed E-state index contributed by atoms with van der Waals surface area (Å²) < 4.78 is 0. The number of thioether (sulfide) groups is 1. The van der Waals surface area contributed by atoms with E-state index in [0.29, 0.717) is 11.6 Å². The van der Waals surface area contributed by atoms with E-state index >= 15 is 0 Å². The highest BCUT2D eigenvalue weighted by Gasteiger charge is 2.21. The summed E-state index contributed by atoms with van der Waals surface area (Å²) in [7, 11) is 0. The van der Waals surface area contributed by atoms with Crippen LogP contribution in [0.5, 0.6) is 0 Å². The van der Waals surface area contributed by atoms with Gasteiger partial charge in [-0.05, 0) is 11.6 Å². The predicted molar refractivity (Wildman–Crippen MR) is 72.2 cm³/mol. The third kappa shape index (κ3) is 2.84. The number of alkyl halides is 1. The summed E-state index contributed by atoms with van der Waals surface area (Å²) >= 11 is 7.58. The highest BCUT2D eigenvalue weighted by molar-refractivity contribution is 7.99. The van der Waals surface area contributed by atoms with E-state index in [4.69, 9.17) is 11.6 Å². The van der Waals surface area contributed by atoms with Gasteiger partial charge < -0.3 is 4.90 Å². The van der Waals surface area contributed by atoms with Crippen molar-refractivity contribution in [3.63, 3.8) is 0 Å². The van der Waals surface area contributed by atoms with Gasteiger partial charge in [-0.2, -0.15) is 11.8 Å². The van der Waals surface area contributed by atoms with Gasteiger partial charge in [0, 0.05) is 36.5 Å². The highest BCUT2D eigenvalue weighted by Crippen LogP contribution is 2.31. The molecule has 0 aliphatic carbocycles. The van der Waals surface area contributed by atoms with Crippen LogP contribution >= 0.6 is 23.4 Å². The van der Waals surface area contributed by atoms with Crippen molar-refractivity contribution in [2.75, 3.05) is 29.5 Å². The molecule has 0 N–H and O–H groups in total. The van der Waals surface area contributed by atoms with E-state index in [-0.39, 0.29) is 10.6 Å². The molecule has 0 bridgehead atoms. The first-order valence-corrected chi connectivity index (χ1v) is 7.07. The molecule has 92 valence electrons. The Hall–Kier alpha value is -0.940. The Bertz CT molecular complexity index is 422. The average molecular weight is 273 g/mol. The van der Waals surface area contributed by atoms with Gasteiger partial charge in [-0.25, -0.2) is 0 Å². The van der Waals surface area contributed by atoms with Gasteiger partial charge in [0.2, 0.25) is 0 Å². The largest absolute Gasteiger partial charge is 0.364 e. The minimum atomic E-state index is -0.326. The molecule has 1 aromatic rings. The van der Waals surface area contributed by atoms with Crippen LogP contribution in [0.3, 0.4) is 0 Å². The Balaban J connectivity index is 2.34. The van der Waals surface area contributed by atoms with E-state index in [2.05, 4.69) is 4.90 Å². The molecular weight excluding hydrogens is 260 g/mol. The molecule has 1 saturated heterocycles. The highest BCUT2D eigenvalue weighted by atomic mass is 35.5. The molecular formula is C11H13ClN2O2S. The van der Waals surface area contributed by atoms with Crippen molar-refractivity contribution in [1.29, 1.82) is 0 Å². The molecule has 0 spiro atoms. The maximum atomic E-state index is 11.1. The first-order chi connectivity index (χ1) is 8.22. The summed E-state index contributed by atoms with van der Waals surface area (Å²) in [5, 5.41) is 11.1. The van der Waals surface area contributed by atoms with Crippen LogP contribution in [0.15, 0.2) is 18.2 Å². The van der Waals surface area contributed by atoms with Gasteiger partial charge in [-0.3, -0.25) is 10.1 Å². The van der Waals surface area contributed by atoms with Gasteiger partial charge in [0.25, 0.3) is 5.69 Å². The van der Waals surface area contributed by atoms with Crippen LogP contribution in [-0.4, -0.2) is 29.5 Å². The summed E-state index contributed by atoms with van der Waals surface area (Å²) in [4.78, 5) is 12.8. The number of hydrogen-bond acceptors (Lipinski definition) is 4. The van der Waals surface area contributed by atoms with Crippen LogP contribution in [0.4, 0.5) is 11.4 Å². The number of hydrogen-bond donors (Lipinski definition) is 0. The number of nitrogens with zero attached hydrogens (tertiary/aromatic N) is 2. The summed E-state index contributed by atoms with van der Waals surface area (Å²) in [5.41, 5.74) is 1.66. The number of rotatable bonds is 3. The van der Waals surface area contributed by atoms with Crippen molar-refractivity contribution in [3.05, 3.63) is 33.9 Å². The minimum Gasteiger partial charge on any atom is -0.364 e. The lowest BCUT2D eigenvalue weighted by Crippen LogP contribution is -2.32. The van der Waals surface area contributed by atoms with Crippen molar-refractivity contribution in [2.24, 2.45) is 0 Å². The molecule has 0 radical (unpaired) electrons. The molecule has 6 heteroatoms. The smallest absolute Gasteiger partial charge is 0.292 e. The van der Waals surface area contributed by atoms with Crippen LogP contribution in [0, 0.1) is 10.1 Å². The summed E-state index contributed by atoms with van der Waals surface area (Å²) in [6, 6.07) is 5.24. The fourth-order valence-corrected chi connectivity index (χ4v) is 2.94. The van der Waals surface area contributed by atoms with Gasteiger partial charge in [-0.15, -0.1) is 11.6 Å². The summed E-state index contributed by atoms with van der Waals surface area (Å²) in [5.74, 6) is 2.35. The van der Waals surface area contributed by atoms with E-state index in [0.717, 1.165) is 30.2 Å². The van der Waals surface area contributed by atoms with Crippen molar-refractivity contribution < 1.29 is 4.92 Å². The fraction of sp³-hybridized carbons (Fsp3) is 0.455. The average Bonchev–Trinajstić information content (AvgIpc) is 2.39. The monoisotopic (exact) mass is 272 g/mol. The van der Waals surface area contributed by atoms with E-state index in [9.17, 15) is 10.1 Å². The Morgan fingerprint density at radius 3 is 2.71 bits per heavy atom. The normalized spacial score (nSPS) is 15.9. The van der Waals surface area contributed by atoms with Gasteiger partial charge in [0.15, 0.2) is 0 Å². The second-order valence-electron chi connectivity index (χ2n) is 3.81. The zero-order valence-corrected chi connectivity index (χ0v) is 10.8. The van der Waals surface area contributed by atoms with Crippen LogP contribution in [-0.2, 0) is 5.88 Å². The van der Waals surface area contributed by atoms with E-state index in [1.807, 2.05) is 23.9 Å². The van der Waals surface area contributed by atoms with Crippen molar-refractivity contribution in [1.82, 2.24) is 0 Å². The number of benzene rings is 1. The predicted octanol–water partition coefficient (Wildman–Crippen LogP) is 2.89. The van der Waals surface area contributed by atoms with Gasteiger partial charge in [-0.1, -0.05) is 6.07 Å². The number of halogens is 1. The lowest BCUT2D eigenvalue weighted by Gasteiger charge is -2.28. The Kier molecular flexibility index (Phi) is 4.12. The lowest BCUT2D eigenvalue weighted by atomic mass is 10.1. The quantitative estimate of drug-likeness (QED) is 0.482. The van der Waals surface area contributed by atoms with Crippen LogP contribution < -0.4 is 4.90 Å². The van der Waals surface area contributed by atoms with E-state index in [1.165, 1.54) is 0 Å². The second kappa shape index (κ2) is 5.60. The molecule has 0 unspecified atom stereocenters.